The van der Waals surface area contributed by atoms with Crippen molar-refractivity contribution < 1.29 is 22.7 Å². The Balaban J connectivity index is 1.29. The van der Waals surface area contributed by atoms with Crippen molar-refractivity contribution in [3.05, 3.63) is 42.0 Å². The second-order valence-corrected chi connectivity index (χ2v) is 11.5. The Morgan fingerprint density at radius 1 is 0.909 bits per heavy atom. The van der Waals surface area contributed by atoms with Crippen LogP contribution in [0.2, 0.25) is 0 Å². The van der Waals surface area contributed by atoms with Crippen LogP contribution in [0.5, 0.6) is 11.5 Å². The summed E-state index contributed by atoms with van der Waals surface area (Å²) in [5, 5.41) is 0. The molecule has 7 nitrogen and oxygen atoms in total. The smallest absolute Gasteiger partial charge is 0.243 e. The van der Waals surface area contributed by atoms with E-state index < -0.39 is 10.0 Å². The number of thioether (sulfide) groups is 1. The van der Waals surface area contributed by atoms with Gasteiger partial charge >= 0.3 is 0 Å². The number of carbonyl (C=O) groups excluding carboxylic acids is 1. The van der Waals surface area contributed by atoms with Crippen molar-refractivity contribution in [1.29, 1.82) is 0 Å². The standard InChI is InChI=1S/C24H28N2O5S2/c27-24(17-32-19-6-9-22-23(16-19)31-14-4-13-30-22)26-12-3-5-18-15-20(7-8-21(18)26)33(28,29)25-10-1-2-11-25/h6-9,15-16H,1-5,10-14,17H2. The summed E-state index contributed by atoms with van der Waals surface area (Å²) in [5.74, 6) is 1.78. The predicted octanol–water partition coefficient (Wildman–Crippen LogP) is 3.70. The van der Waals surface area contributed by atoms with Crippen molar-refractivity contribution in [2.24, 2.45) is 0 Å². The van der Waals surface area contributed by atoms with Crippen LogP contribution in [0.4, 0.5) is 5.69 Å². The van der Waals surface area contributed by atoms with Gasteiger partial charge in [-0.05, 0) is 67.6 Å². The molecule has 33 heavy (non-hydrogen) atoms. The van der Waals surface area contributed by atoms with E-state index in [1.54, 1.807) is 27.4 Å². The van der Waals surface area contributed by atoms with Gasteiger partial charge in [0.15, 0.2) is 11.5 Å². The Morgan fingerprint density at radius 3 is 2.52 bits per heavy atom. The summed E-state index contributed by atoms with van der Waals surface area (Å²) >= 11 is 1.47. The minimum absolute atomic E-state index is 0.0169. The molecule has 0 unspecified atom stereocenters. The van der Waals surface area contributed by atoms with E-state index in [4.69, 9.17) is 9.47 Å². The summed E-state index contributed by atoms with van der Waals surface area (Å²) < 4.78 is 38.9. The summed E-state index contributed by atoms with van der Waals surface area (Å²) in [4.78, 5) is 16.2. The number of fused-ring (bicyclic) bond motifs is 2. The van der Waals surface area contributed by atoms with Crippen molar-refractivity contribution in [3.63, 3.8) is 0 Å². The molecule has 0 aromatic heterocycles. The molecule has 1 saturated heterocycles. The fourth-order valence-corrected chi connectivity index (χ4v) is 6.90. The monoisotopic (exact) mass is 488 g/mol. The number of rotatable bonds is 5. The largest absolute Gasteiger partial charge is 0.490 e. The zero-order valence-corrected chi connectivity index (χ0v) is 20.1. The van der Waals surface area contributed by atoms with Crippen LogP contribution in [0.1, 0.15) is 31.2 Å². The molecule has 176 valence electrons. The second-order valence-electron chi connectivity index (χ2n) is 8.50. The van der Waals surface area contributed by atoms with Crippen molar-refractivity contribution in [3.8, 4) is 11.5 Å². The van der Waals surface area contributed by atoms with Crippen LogP contribution in [0.3, 0.4) is 0 Å². The average Bonchev–Trinajstić information content (AvgIpc) is 3.29. The number of anilines is 1. The molecule has 9 heteroatoms. The molecule has 2 aromatic carbocycles. The normalized spacial score (nSPS) is 18.6. The molecule has 1 amide bonds. The first-order chi connectivity index (χ1) is 16.0. The van der Waals surface area contributed by atoms with Gasteiger partial charge in [-0.15, -0.1) is 11.8 Å². The average molecular weight is 489 g/mol. The van der Waals surface area contributed by atoms with E-state index >= 15 is 0 Å². The first-order valence-electron chi connectivity index (χ1n) is 11.5. The van der Waals surface area contributed by atoms with E-state index in [0.29, 0.717) is 43.5 Å². The highest BCUT2D eigenvalue weighted by atomic mass is 32.2. The summed E-state index contributed by atoms with van der Waals surface area (Å²) in [7, 11) is -3.46. The number of aryl methyl sites for hydroxylation is 1. The number of sulfonamides is 1. The molecule has 0 spiro atoms. The van der Waals surface area contributed by atoms with E-state index in [2.05, 4.69) is 0 Å². The van der Waals surface area contributed by atoms with E-state index in [1.807, 2.05) is 18.2 Å². The Hall–Kier alpha value is -2.23. The van der Waals surface area contributed by atoms with E-state index in [1.165, 1.54) is 11.8 Å². The Kier molecular flexibility index (Phi) is 6.53. The lowest BCUT2D eigenvalue weighted by Crippen LogP contribution is -2.37. The number of ether oxygens (including phenoxy) is 2. The zero-order chi connectivity index (χ0) is 22.8. The third kappa shape index (κ3) is 4.72. The summed E-state index contributed by atoms with van der Waals surface area (Å²) in [6.07, 6.45) is 4.27. The lowest BCUT2D eigenvalue weighted by molar-refractivity contribution is -0.116. The zero-order valence-electron chi connectivity index (χ0n) is 18.5. The van der Waals surface area contributed by atoms with Crippen molar-refractivity contribution in [2.45, 2.75) is 41.9 Å². The van der Waals surface area contributed by atoms with E-state index in [0.717, 1.165) is 59.7 Å². The number of amides is 1. The first kappa shape index (κ1) is 22.6. The maximum absolute atomic E-state index is 13.1. The fraction of sp³-hybridized carbons (Fsp3) is 0.458. The van der Waals surface area contributed by atoms with Gasteiger partial charge in [0, 0.05) is 36.6 Å². The third-order valence-corrected chi connectivity index (χ3v) is 9.13. The minimum Gasteiger partial charge on any atom is -0.490 e. The Bertz CT molecular complexity index is 1150. The molecule has 0 N–H and O–H groups in total. The van der Waals surface area contributed by atoms with Crippen molar-refractivity contribution in [2.75, 3.05) is 43.5 Å². The van der Waals surface area contributed by atoms with Crippen molar-refractivity contribution >= 4 is 33.4 Å². The molecule has 0 aliphatic carbocycles. The summed E-state index contributed by atoms with van der Waals surface area (Å²) in [6, 6.07) is 11.0. The van der Waals surface area contributed by atoms with Gasteiger partial charge in [0.05, 0.1) is 23.9 Å². The maximum Gasteiger partial charge on any atom is 0.243 e. The molecular weight excluding hydrogens is 460 g/mol. The van der Waals surface area contributed by atoms with Gasteiger partial charge in [0.1, 0.15) is 0 Å². The molecular formula is C24H28N2O5S2. The van der Waals surface area contributed by atoms with Crippen LogP contribution >= 0.6 is 11.8 Å². The number of hydrogen-bond acceptors (Lipinski definition) is 6. The summed E-state index contributed by atoms with van der Waals surface area (Å²) in [6.45, 7) is 3.08. The molecule has 3 aliphatic heterocycles. The topological polar surface area (TPSA) is 76.1 Å². The lowest BCUT2D eigenvalue weighted by Gasteiger charge is -2.30. The van der Waals surface area contributed by atoms with Crippen LogP contribution in [-0.2, 0) is 21.2 Å². The van der Waals surface area contributed by atoms with Crippen molar-refractivity contribution in [1.82, 2.24) is 4.31 Å². The fourth-order valence-electron chi connectivity index (χ4n) is 4.53. The minimum atomic E-state index is -3.46. The Labute approximate surface area is 199 Å². The predicted molar refractivity (Wildman–Crippen MR) is 128 cm³/mol. The molecule has 0 atom stereocenters. The van der Waals surface area contributed by atoms with Gasteiger partial charge in [-0.1, -0.05) is 0 Å². The molecule has 0 bridgehead atoms. The van der Waals surface area contributed by atoms with Gasteiger partial charge in [0.25, 0.3) is 0 Å². The molecule has 3 heterocycles. The van der Waals surface area contributed by atoms with Gasteiger partial charge in [-0.2, -0.15) is 4.31 Å². The lowest BCUT2D eigenvalue weighted by atomic mass is 10.0. The van der Waals surface area contributed by atoms with Crippen LogP contribution in [0.15, 0.2) is 46.2 Å². The number of benzene rings is 2. The van der Waals surface area contributed by atoms with E-state index in [9.17, 15) is 13.2 Å². The highest BCUT2D eigenvalue weighted by Crippen LogP contribution is 2.35. The Morgan fingerprint density at radius 2 is 1.70 bits per heavy atom. The molecule has 2 aromatic rings. The number of carbonyl (C=O) groups is 1. The second kappa shape index (κ2) is 9.56. The van der Waals surface area contributed by atoms with Gasteiger partial charge < -0.3 is 14.4 Å². The molecule has 3 aliphatic rings. The van der Waals surface area contributed by atoms with Crippen LogP contribution in [0.25, 0.3) is 0 Å². The molecule has 0 radical (unpaired) electrons. The highest BCUT2D eigenvalue weighted by Gasteiger charge is 2.29. The van der Waals surface area contributed by atoms with Crippen LogP contribution in [-0.4, -0.2) is 57.2 Å². The number of nitrogens with zero attached hydrogens (tertiary/aromatic N) is 2. The maximum atomic E-state index is 13.1. The van der Waals surface area contributed by atoms with Crippen LogP contribution < -0.4 is 14.4 Å². The van der Waals surface area contributed by atoms with E-state index in [-0.39, 0.29) is 5.91 Å². The van der Waals surface area contributed by atoms with Crippen LogP contribution in [0, 0.1) is 0 Å². The third-order valence-electron chi connectivity index (χ3n) is 6.25. The molecule has 1 fully saturated rings. The number of hydrogen-bond donors (Lipinski definition) is 0. The molecule has 0 saturated carbocycles. The van der Waals surface area contributed by atoms with Gasteiger partial charge in [0.2, 0.25) is 15.9 Å². The molecule has 5 rings (SSSR count). The highest BCUT2D eigenvalue weighted by molar-refractivity contribution is 8.00. The van der Waals surface area contributed by atoms with Gasteiger partial charge in [-0.25, -0.2) is 8.42 Å². The summed E-state index contributed by atoms with van der Waals surface area (Å²) in [5.41, 5.74) is 1.75. The van der Waals surface area contributed by atoms with Gasteiger partial charge in [-0.3, -0.25) is 4.79 Å². The SMILES string of the molecule is O=C(CSc1ccc2c(c1)OCCCO2)N1CCCc2cc(S(=O)(=O)N3CCCC3)ccc21. The first-order valence-corrected chi connectivity index (χ1v) is 13.9. The quantitative estimate of drug-likeness (QED) is 0.598.